The van der Waals surface area contributed by atoms with Crippen LogP contribution in [0.25, 0.3) is 11.2 Å². The summed E-state index contributed by atoms with van der Waals surface area (Å²) in [5.41, 5.74) is 2.47. The zero-order valence-electron chi connectivity index (χ0n) is 18.5. The molecule has 172 valence electrons. The summed E-state index contributed by atoms with van der Waals surface area (Å²) in [6.07, 6.45) is 10.6. The molecule has 2 atom stereocenters. The summed E-state index contributed by atoms with van der Waals surface area (Å²) in [6, 6.07) is 3.41. The lowest BCUT2D eigenvalue weighted by Gasteiger charge is -2.41. The lowest BCUT2D eigenvalue weighted by molar-refractivity contribution is -0.132. The van der Waals surface area contributed by atoms with Crippen LogP contribution in [0.5, 0.6) is 5.75 Å². The number of pyridine rings is 1. The Morgan fingerprint density at radius 1 is 1.06 bits per heavy atom. The molecular weight excluding hydrogens is 420 g/mol. The number of amides is 2. The van der Waals surface area contributed by atoms with Crippen LogP contribution in [-0.4, -0.2) is 72.8 Å². The van der Waals surface area contributed by atoms with Crippen LogP contribution in [0.3, 0.4) is 0 Å². The van der Waals surface area contributed by atoms with Crippen molar-refractivity contribution in [3.63, 3.8) is 0 Å². The second-order valence-electron chi connectivity index (χ2n) is 9.09. The van der Waals surface area contributed by atoms with E-state index in [4.69, 9.17) is 0 Å². The second-order valence-corrected chi connectivity index (χ2v) is 9.09. The second kappa shape index (κ2) is 9.17. The van der Waals surface area contributed by atoms with E-state index >= 15 is 0 Å². The molecule has 3 aromatic heterocycles. The zero-order valence-corrected chi connectivity index (χ0v) is 18.5. The molecule has 0 aliphatic carbocycles. The van der Waals surface area contributed by atoms with E-state index in [0.29, 0.717) is 41.8 Å². The number of aromatic nitrogens is 4. The molecule has 2 unspecified atom stereocenters. The molecule has 33 heavy (non-hydrogen) atoms. The Hall–Kier alpha value is -3.49. The van der Waals surface area contributed by atoms with E-state index in [1.165, 1.54) is 6.20 Å². The average molecular weight is 449 g/mol. The molecule has 9 heteroatoms. The molecule has 5 heterocycles. The van der Waals surface area contributed by atoms with Gasteiger partial charge in [0.15, 0.2) is 5.65 Å². The Labute approximate surface area is 191 Å². The molecule has 0 bridgehead atoms. The first-order chi connectivity index (χ1) is 16.1. The number of fused-ring (bicyclic) bond motifs is 1. The van der Waals surface area contributed by atoms with Gasteiger partial charge in [0, 0.05) is 38.6 Å². The predicted molar refractivity (Wildman–Crippen MR) is 121 cm³/mol. The molecule has 0 saturated carbocycles. The minimum absolute atomic E-state index is 0.0610. The van der Waals surface area contributed by atoms with Crippen LogP contribution in [0.1, 0.15) is 41.7 Å². The van der Waals surface area contributed by atoms with Crippen molar-refractivity contribution in [1.29, 1.82) is 0 Å². The first-order valence-corrected chi connectivity index (χ1v) is 11.6. The highest BCUT2D eigenvalue weighted by molar-refractivity contribution is 5.93. The van der Waals surface area contributed by atoms with Crippen LogP contribution < -0.4 is 0 Å². The largest absolute Gasteiger partial charge is 0.506 e. The molecule has 5 rings (SSSR count). The van der Waals surface area contributed by atoms with Crippen molar-refractivity contribution in [2.75, 3.05) is 26.2 Å². The van der Waals surface area contributed by atoms with Gasteiger partial charge in [0.25, 0.3) is 5.91 Å². The van der Waals surface area contributed by atoms with E-state index in [0.717, 1.165) is 44.3 Å². The smallest absolute Gasteiger partial charge is 0.274 e. The molecule has 9 nitrogen and oxygen atoms in total. The fourth-order valence-electron chi connectivity index (χ4n) is 5.15. The summed E-state index contributed by atoms with van der Waals surface area (Å²) in [4.78, 5) is 45.6. The Kier molecular flexibility index (Phi) is 5.93. The summed E-state index contributed by atoms with van der Waals surface area (Å²) in [5.74, 6) is 0.800. The van der Waals surface area contributed by atoms with E-state index < -0.39 is 0 Å². The SMILES string of the molecule is O=C(Cc1cncc(O)c1)N1CCCC(C2CCCN(C(=O)c3cnc4[nH]ccc4n3)C2)C1. The quantitative estimate of drug-likeness (QED) is 0.633. The molecule has 2 N–H and O–H groups in total. The first-order valence-electron chi connectivity index (χ1n) is 11.6. The fraction of sp³-hybridized carbons (Fsp3) is 0.458. The number of hydrogen-bond acceptors (Lipinski definition) is 6. The number of carbonyl (C=O) groups excluding carboxylic acids is 2. The number of carbonyl (C=O) groups is 2. The van der Waals surface area contributed by atoms with Gasteiger partial charge in [0.1, 0.15) is 17.0 Å². The zero-order chi connectivity index (χ0) is 22.8. The van der Waals surface area contributed by atoms with Crippen LogP contribution in [-0.2, 0) is 11.2 Å². The summed E-state index contributed by atoms with van der Waals surface area (Å²) in [7, 11) is 0. The molecule has 2 fully saturated rings. The maximum Gasteiger partial charge on any atom is 0.274 e. The Bertz CT molecular complexity index is 1160. The topological polar surface area (TPSA) is 115 Å². The number of H-pyrrole nitrogens is 1. The monoisotopic (exact) mass is 448 g/mol. The van der Waals surface area contributed by atoms with Crippen LogP contribution in [0.2, 0.25) is 0 Å². The summed E-state index contributed by atoms with van der Waals surface area (Å²) in [6.45, 7) is 2.88. The lowest BCUT2D eigenvalue weighted by atomic mass is 9.80. The maximum atomic E-state index is 13.1. The highest BCUT2D eigenvalue weighted by Gasteiger charge is 2.34. The van der Waals surface area contributed by atoms with Crippen LogP contribution in [0, 0.1) is 11.8 Å². The molecule has 2 aliphatic heterocycles. The maximum absolute atomic E-state index is 13.1. The van der Waals surface area contributed by atoms with Gasteiger partial charge in [-0.25, -0.2) is 9.97 Å². The third-order valence-corrected chi connectivity index (χ3v) is 6.84. The van der Waals surface area contributed by atoms with Gasteiger partial charge >= 0.3 is 0 Å². The molecule has 2 aliphatic rings. The van der Waals surface area contributed by atoms with Crippen molar-refractivity contribution >= 4 is 23.0 Å². The number of nitrogens with one attached hydrogen (secondary N) is 1. The summed E-state index contributed by atoms with van der Waals surface area (Å²) >= 11 is 0. The Balaban J connectivity index is 1.22. The van der Waals surface area contributed by atoms with Crippen LogP contribution >= 0.6 is 0 Å². The van der Waals surface area contributed by atoms with Gasteiger partial charge < -0.3 is 19.9 Å². The van der Waals surface area contributed by atoms with E-state index in [2.05, 4.69) is 19.9 Å². The van der Waals surface area contributed by atoms with Crippen molar-refractivity contribution in [1.82, 2.24) is 29.7 Å². The number of aromatic amines is 1. The average Bonchev–Trinajstić information content (AvgIpc) is 3.32. The number of aromatic hydroxyl groups is 1. The standard InChI is InChI=1S/C24H28N6O3/c31-19-9-16(11-25-12-19)10-22(32)29-7-1-3-17(14-29)18-4-2-8-30(15-18)24(33)21-13-27-23-20(28-21)5-6-26-23/h5-6,9,11-13,17-18,31H,1-4,7-8,10,14-15H2,(H,26,27). The van der Waals surface area contributed by atoms with E-state index in [-0.39, 0.29) is 24.0 Å². The van der Waals surface area contributed by atoms with Crippen molar-refractivity contribution in [2.45, 2.75) is 32.1 Å². The van der Waals surface area contributed by atoms with Crippen LogP contribution in [0.4, 0.5) is 0 Å². The molecule has 0 spiro atoms. The van der Waals surface area contributed by atoms with Crippen molar-refractivity contribution in [3.8, 4) is 5.75 Å². The van der Waals surface area contributed by atoms with E-state index in [9.17, 15) is 14.7 Å². The van der Waals surface area contributed by atoms with Gasteiger partial charge in [-0.2, -0.15) is 0 Å². The lowest BCUT2D eigenvalue weighted by Crippen LogP contribution is -2.48. The van der Waals surface area contributed by atoms with Crippen molar-refractivity contribution in [2.24, 2.45) is 11.8 Å². The van der Waals surface area contributed by atoms with Gasteiger partial charge in [-0.05, 0) is 55.2 Å². The third-order valence-electron chi connectivity index (χ3n) is 6.84. The minimum Gasteiger partial charge on any atom is -0.506 e. The summed E-state index contributed by atoms with van der Waals surface area (Å²) < 4.78 is 0. The first kappa shape index (κ1) is 21.4. The third kappa shape index (κ3) is 4.67. The summed E-state index contributed by atoms with van der Waals surface area (Å²) in [5, 5.41) is 9.61. The highest BCUT2D eigenvalue weighted by Crippen LogP contribution is 2.31. The Morgan fingerprint density at radius 2 is 1.82 bits per heavy atom. The normalized spacial score (nSPS) is 21.3. The van der Waals surface area contributed by atoms with Crippen molar-refractivity contribution < 1.29 is 14.7 Å². The van der Waals surface area contributed by atoms with Gasteiger partial charge in [0.2, 0.25) is 5.91 Å². The molecular formula is C24H28N6O3. The molecule has 2 saturated heterocycles. The number of nitrogens with zero attached hydrogens (tertiary/aromatic N) is 5. The van der Waals surface area contributed by atoms with Gasteiger partial charge in [0.05, 0.1) is 18.8 Å². The fourth-order valence-corrected chi connectivity index (χ4v) is 5.15. The molecule has 0 aromatic carbocycles. The van der Waals surface area contributed by atoms with E-state index in [1.54, 1.807) is 24.7 Å². The van der Waals surface area contributed by atoms with Gasteiger partial charge in [-0.3, -0.25) is 14.6 Å². The molecule has 2 amide bonds. The highest BCUT2D eigenvalue weighted by atomic mass is 16.3. The number of piperidine rings is 2. The van der Waals surface area contributed by atoms with E-state index in [1.807, 2.05) is 15.9 Å². The minimum atomic E-state index is -0.0737. The molecule has 3 aromatic rings. The number of hydrogen-bond donors (Lipinski definition) is 2. The predicted octanol–water partition coefficient (Wildman–Crippen LogP) is 2.39. The molecule has 0 radical (unpaired) electrons. The van der Waals surface area contributed by atoms with Crippen LogP contribution in [0.15, 0.2) is 36.9 Å². The Morgan fingerprint density at radius 3 is 2.61 bits per heavy atom. The number of likely N-dealkylation sites (tertiary alicyclic amines) is 2. The van der Waals surface area contributed by atoms with Gasteiger partial charge in [-0.1, -0.05) is 0 Å². The van der Waals surface area contributed by atoms with Gasteiger partial charge in [-0.15, -0.1) is 0 Å². The number of rotatable bonds is 4. The van der Waals surface area contributed by atoms with Crippen molar-refractivity contribution in [3.05, 3.63) is 48.2 Å².